The molecule has 33 heavy (non-hydrogen) atoms. The number of amides is 2. The van der Waals surface area contributed by atoms with Gasteiger partial charge in [0, 0.05) is 24.4 Å². The van der Waals surface area contributed by atoms with Crippen LogP contribution in [0.4, 0.5) is 20.2 Å². The van der Waals surface area contributed by atoms with E-state index >= 15 is 0 Å². The van der Waals surface area contributed by atoms with Gasteiger partial charge in [-0.3, -0.25) is 19.0 Å². The van der Waals surface area contributed by atoms with Crippen molar-refractivity contribution in [3.8, 4) is 5.69 Å². The van der Waals surface area contributed by atoms with Crippen LogP contribution in [-0.2, 0) is 16.1 Å². The topological polar surface area (TPSA) is 102 Å². The van der Waals surface area contributed by atoms with E-state index in [0.717, 1.165) is 28.0 Å². The number of anilines is 2. The molecule has 0 unspecified atom stereocenters. The number of carbonyl (C=O) groups is 2. The summed E-state index contributed by atoms with van der Waals surface area (Å²) in [7, 11) is 0. The predicted molar refractivity (Wildman–Crippen MR) is 121 cm³/mol. The molecule has 2 heterocycles. The average molecular weight is 470 g/mol. The molecule has 168 valence electrons. The molecule has 0 spiro atoms. The van der Waals surface area contributed by atoms with Gasteiger partial charge in [0.15, 0.2) is 0 Å². The molecule has 2 amide bonds. The first kappa shape index (κ1) is 22.1. The highest BCUT2D eigenvalue weighted by molar-refractivity contribution is 7.17. The van der Waals surface area contributed by atoms with E-state index in [1.165, 1.54) is 13.0 Å². The van der Waals surface area contributed by atoms with Gasteiger partial charge in [0.1, 0.15) is 22.9 Å². The lowest BCUT2D eigenvalue weighted by molar-refractivity contribution is -0.117. The summed E-state index contributed by atoms with van der Waals surface area (Å²) in [4.78, 5) is 50.0. The van der Waals surface area contributed by atoms with Gasteiger partial charge < -0.3 is 10.6 Å². The monoisotopic (exact) mass is 470 g/mol. The summed E-state index contributed by atoms with van der Waals surface area (Å²) >= 11 is 1.04. The minimum absolute atomic E-state index is 0.153. The van der Waals surface area contributed by atoms with Crippen LogP contribution in [0.1, 0.15) is 6.92 Å². The van der Waals surface area contributed by atoms with Gasteiger partial charge in [-0.1, -0.05) is 6.07 Å². The summed E-state index contributed by atoms with van der Waals surface area (Å²) in [5, 5.41) is 6.80. The van der Waals surface area contributed by atoms with Gasteiger partial charge in [0.05, 0.1) is 11.2 Å². The normalized spacial score (nSPS) is 10.9. The molecule has 8 nitrogen and oxygen atoms in total. The quantitative estimate of drug-likeness (QED) is 0.468. The Morgan fingerprint density at radius 3 is 2.30 bits per heavy atom. The molecule has 4 aromatic rings. The Bertz CT molecular complexity index is 1500. The molecule has 0 aliphatic heterocycles. The second-order valence-corrected chi connectivity index (χ2v) is 8.00. The zero-order valence-electron chi connectivity index (χ0n) is 17.1. The van der Waals surface area contributed by atoms with E-state index in [0.29, 0.717) is 22.0 Å². The molecular formula is C22H16F2N4O4S. The summed E-state index contributed by atoms with van der Waals surface area (Å²) in [5.74, 6) is -2.77. The third-order valence-electron chi connectivity index (χ3n) is 4.63. The summed E-state index contributed by atoms with van der Waals surface area (Å²) in [5.41, 5.74) is -0.867. The second kappa shape index (κ2) is 8.79. The summed E-state index contributed by atoms with van der Waals surface area (Å²) in [6.07, 6.45) is 0. The van der Waals surface area contributed by atoms with Crippen LogP contribution >= 0.6 is 11.3 Å². The van der Waals surface area contributed by atoms with Crippen LogP contribution in [0.15, 0.2) is 63.5 Å². The molecule has 2 aromatic heterocycles. The molecule has 0 fully saturated rings. The number of thiophene rings is 1. The standard InChI is InChI=1S/C22H16F2N4O4S/c1-12(29)25-15-3-2-4-16(10-15)26-19(30)11-27-18-5-6-33-20(18)21(31)28(22(27)32)17-8-13(23)7-14(24)9-17/h2-10H,11H2,1H3,(H,25,29)(H,26,30). The van der Waals surface area contributed by atoms with Gasteiger partial charge >= 0.3 is 5.69 Å². The molecule has 0 radical (unpaired) electrons. The van der Waals surface area contributed by atoms with Crippen molar-refractivity contribution in [3.05, 3.63) is 86.4 Å². The van der Waals surface area contributed by atoms with Crippen molar-refractivity contribution in [2.45, 2.75) is 13.5 Å². The number of fused-ring (bicyclic) bond motifs is 1. The number of halogens is 2. The molecule has 11 heteroatoms. The first-order valence-electron chi connectivity index (χ1n) is 9.60. The zero-order valence-corrected chi connectivity index (χ0v) is 17.9. The molecule has 0 aliphatic carbocycles. The molecule has 0 saturated heterocycles. The van der Waals surface area contributed by atoms with Crippen molar-refractivity contribution >= 4 is 44.7 Å². The Morgan fingerprint density at radius 1 is 0.970 bits per heavy atom. The van der Waals surface area contributed by atoms with E-state index in [4.69, 9.17) is 0 Å². The van der Waals surface area contributed by atoms with E-state index in [-0.39, 0.29) is 21.8 Å². The maximum atomic E-state index is 13.7. The minimum Gasteiger partial charge on any atom is -0.326 e. The van der Waals surface area contributed by atoms with Crippen LogP contribution < -0.4 is 21.9 Å². The van der Waals surface area contributed by atoms with Crippen LogP contribution in [0.25, 0.3) is 15.9 Å². The van der Waals surface area contributed by atoms with Gasteiger partial charge in [-0.2, -0.15) is 0 Å². The number of nitrogens with zero attached hydrogens (tertiary/aromatic N) is 2. The summed E-state index contributed by atoms with van der Waals surface area (Å²) in [6.45, 7) is 0.887. The minimum atomic E-state index is -0.953. The van der Waals surface area contributed by atoms with Crippen LogP contribution in [-0.4, -0.2) is 20.9 Å². The Balaban J connectivity index is 1.73. The fourth-order valence-corrected chi connectivity index (χ4v) is 4.18. The van der Waals surface area contributed by atoms with Crippen LogP contribution in [0.5, 0.6) is 0 Å². The molecule has 0 bridgehead atoms. The van der Waals surface area contributed by atoms with Crippen molar-refractivity contribution in [2.24, 2.45) is 0 Å². The maximum absolute atomic E-state index is 13.7. The van der Waals surface area contributed by atoms with E-state index in [9.17, 15) is 28.0 Å². The highest BCUT2D eigenvalue weighted by Crippen LogP contribution is 2.18. The third-order valence-corrected chi connectivity index (χ3v) is 5.52. The van der Waals surface area contributed by atoms with Gasteiger partial charge in [0.2, 0.25) is 11.8 Å². The smallest absolute Gasteiger partial charge is 0.326 e. The number of nitrogens with one attached hydrogen (secondary N) is 2. The molecule has 0 atom stereocenters. The largest absolute Gasteiger partial charge is 0.336 e. The number of hydrogen-bond donors (Lipinski definition) is 2. The van der Waals surface area contributed by atoms with E-state index in [1.807, 2.05) is 0 Å². The highest BCUT2D eigenvalue weighted by atomic mass is 32.1. The van der Waals surface area contributed by atoms with E-state index < -0.39 is 35.3 Å². The Labute approximate surface area is 188 Å². The van der Waals surface area contributed by atoms with Crippen molar-refractivity contribution in [1.29, 1.82) is 0 Å². The number of benzene rings is 2. The van der Waals surface area contributed by atoms with Crippen molar-refractivity contribution in [1.82, 2.24) is 9.13 Å². The average Bonchev–Trinajstić information content (AvgIpc) is 3.20. The molecule has 0 aliphatic rings. The van der Waals surface area contributed by atoms with Crippen LogP contribution in [0.3, 0.4) is 0 Å². The second-order valence-electron chi connectivity index (χ2n) is 7.08. The van der Waals surface area contributed by atoms with E-state index in [1.54, 1.807) is 29.6 Å². The zero-order chi connectivity index (χ0) is 23.7. The number of carbonyl (C=O) groups excluding carboxylic acids is 2. The van der Waals surface area contributed by atoms with E-state index in [2.05, 4.69) is 10.6 Å². The first-order chi connectivity index (χ1) is 15.7. The number of hydrogen-bond acceptors (Lipinski definition) is 5. The molecule has 2 N–H and O–H groups in total. The molecule has 0 saturated carbocycles. The van der Waals surface area contributed by atoms with Crippen molar-refractivity contribution < 1.29 is 18.4 Å². The number of rotatable bonds is 5. The van der Waals surface area contributed by atoms with Crippen LogP contribution in [0.2, 0.25) is 0 Å². The van der Waals surface area contributed by atoms with Gasteiger partial charge in [0.25, 0.3) is 5.56 Å². The first-order valence-corrected chi connectivity index (χ1v) is 10.5. The Morgan fingerprint density at radius 2 is 1.64 bits per heavy atom. The third kappa shape index (κ3) is 4.58. The molecule has 2 aromatic carbocycles. The highest BCUT2D eigenvalue weighted by Gasteiger charge is 2.18. The van der Waals surface area contributed by atoms with Gasteiger partial charge in [-0.05, 0) is 41.8 Å². The lowest BCUT2D eigenvalue weighted by Gasteiger charge is -2.13. The maximum Gasteiger partial charge on any atom is 0.336 e. The predicted octanol–water partition coefficient (Wildman–Crippen LogP) is 3.09. The SMILES string of the molecule is CC(=O)Nc1cccc(NC(=O)Cn2c(=O)n(-c3cc(F)cc(F)c3)c(=O)c3sccc32)c1. The lowest BCUT2D eigenvalue weighted by Crippen LogP contribution is -2.40. The van der Waals surface area contributed by atoms with Gasteiger partial charge in [-0.25, -0.2) is 18.1 Å². The summed E-state index contributed by atoms with van der Waals surface area (Å²) in [6, 6.07) is 10.3. The van der Waals surface area contributed by atoms with Crippen molar-refractivity contribution in [3.63, 3.8) is 0 Å². The van der Waals surface area contributed by atoms with Crippen molar-refractivity contribution in [2.75, 3.05) is 10.6 Å². The number of aromatic nitrogens is 2. The Hall–Kier alpha value is -4.12. The lowest BCUT2D eigenvalue weighted by atomic mass is 10.2. The Kier molecular flexibility index (Phi) is 5.88. The van der Waals surface area contributed by atoms with Gasteiger partial charge in [-0.15, -0.1) is 11.3 Å². The molecular weight excluding hydrogens is 454 g/mol. The molecule has 4 rings (SSSR count). The fourth-order valence-electron chi connectivity index (χ4n) is 3.36. The van der Waals surface area contributed by atoms with Crippen LogP contribution in [0, 0.1) is 11.6 Å². The summed E-state index contributed by atoms with van der Waals surface area (Å²) < 4.78 is 29.3. The fraction of sp³-hybridized carbons (Fsp3) is 0.0909.